The molecule has 1 unspecified atom stereocenters. The largest absolute Gasteiger partial charge is 0.378 e. The molecule has 3 rings (SSSR count). The topological polar surface area (TPSA) is 43.4 Å². The van der Waals surface area contributed by atoms with Gasteiger partial charge in [-0.15, -0.1) is 0 Å². The van der Waals surface area contributed by atoms with Crippen LogP contribution in [0.2, 0.25) is 0 Å². The molecule has 4 heteroatoms. The second-order valence-corrected chi connectivity index (χ2v) is 4.92. The van der Waals surface area contributed by atoms with Gasteiger partial charge < -0.3 is 14.8 Å². The van der Waals surface area contributed by atoms with Gasteiger partial charge >= 0.3 is 0 Å². The standard InChI is InChI=1S/C15H18N2O2/c1-18-15(7-9-19-11-15)10-17-14-13-5-3-2-4-12(13)6-8-16-14/h2-6,8H,7,9-11H2,1H3,(H,16,17). The fourth-order valence-corrected chi connectivity index (χ4v) is 2.47. The summed E-state index contributed by atoms with van der Waals surface area (Å²) in [5, 5.41) is 5.73. The number of anilines is 1. The summed E-state index contributed by atoms with van der Waals surface area (Å²) in [6.07, 6.45) is 2.75. The Morgan fingerprint density at radius 1 is 1.37 bits per heavy atom. The van der Waals surface area contributed by atoms with Crippen molar-refractivity contribution in [2.24, 2.45) is 0 Å². The molecule has 1 atom stereocenters. The van der Waals surface area contributed by atoms with Crippen molar-refractivity contribution in [2.75, 3.05) is 32.2 Å². The van der Waals surface area contributed by atoms with Crippen molar-refractivity contribution in [2.45, 2.75) is 12.0 Å². The van der Waals surface area contributed by atoms with Crippen molar-refractivity contribution in [1.29, 1.82) is 0 Å². The zero-order valence-corrected chi connectivity index (χ0v) is 11.1. The van der Waals surface area contributed by atoms with Crippen LogP contribution in [0.25, 0.3) is 10.8 Å². The number of nitrogens with zero attached hydrogens (tertiary/aromatic N) is 1. The van der Waals surface area contributed by atoms with Crippen LogP contribution in [0, 0.1) is 0 Å². The number of methoxy groups -OCH3 is 1. The summed E-state index contributed by atoms with van der Waals surface area (Å²) >= 11 is 0. The van der Waals surface area contributed by atoms with Crippen LogP contribution in [0.15, 0.2) is 36.5 Å². The Kier molecular flexibility index (Phi) is 3.36. The maximum Gasteiger partial charge on any atom is 0.133 e. The van der Waals surface area contributed by atoms with Crippen molar-refractivity contribution in [1.82, 2.24) is 4.98 Å². The minimum atomic E-state index is -0.224. The molecule has 0 radical (unpaired) electrons. The molecule has 2 heterocycles. The fraction of sp³-hybridized carbons (Fsp3) is 0.400. The van der Waals surface area contributed by atoms with Gasteiger partial charge in [0.05, 0.1) is 6.61 Å². The van der Waals surface area contributed by atoms with Crippen molar-refractivity contribution in [3.63, 3.8) is 0 Å². The molecule has 0 saturated carbocycles. The lowest BCUT2D eigenvalue weighted by atomic mass is 10.0. The number of hydrogen-bond acceptors (Lipinski definition) is 4. The molecule has 4 nitrogen and oxygen atoms in total. The van der Waals surface area contributed by atoms with Crippen LogP contribution in [0.4, 0.5) is 5.82 Å². The first kappa shape index (κ1) is 12.4. The van der Waals surface area contributed by atoms with E-state index < -0.39 is 0 Å². The van der Waals surface area contributed by atoms with Gasteiger partial charge in [0.25, 0.3) is 0 Å². The van der Waals surface area contributed by atoms with E-state index in [1.807, 2.05) is 24.4 Å². The summed E-state index contributed by atoms with van der Waals surface area (Å²) in [6, 6.07) is 10.3. The number of pyridine rings is 1. The van der Waals surface area contributed by atoms with E-state index in [-0.39, 0.29) is 5.60 Å². The molecule has 1 fully saturated rings. The first-order chi connectivity index (χ1) is 9.33. The Labute approximate surface area is 112 Å². The fourth-order valence-electron chi connectivity index (χ4n) is 2.47. The van der Waals surface area contributed by atoms with E-state index in [1.54, 1.807) is 7.11 Å². The highest BCUT2D eigenvalue weighted by molar-refractivity contribution is 5.91. The molecule has 100 valence electrons. The normalized spacial score (nSPS) is 22.8. The number of benzene rings is 1. The van der Waals surface area contributed by atoms with Crippen LogP contribution in [-0.2, 0) is 9.47 Å². The van der Waals surface area contributed by atoms with Gasteiger partial charge in [0.15, 0.2) is 0 Å². The van der Waals surface area contributed by atoms with Crippen LogP contribution < -0.4 is 5.32 Å². The Hall–Kier alpha value is -1.65. The summed E-state index contributed by atoms with van der Waals surface area (Å²) in [4.78, 5) is 4.43. The first-order valence-electron chi connectivity index (χ1n) is 6.54. The third kappa shape index (κ3) is 2.41. The molecule has 1 aromatic carbocycles. The van der Waals surface area contributed by atoms with E-state index in [4.69, 9.17) is 9.47 Å². The highest BCUT2D eigenvalue weighted by atomic mass is 16.5. The van der Waals surface area contributed by atoms with Crippen molar-refractivity contribution in [3.05, 3.63) is 36.5 Å². The molecular formula is C15H18N2O2. The van der Waals surface area contributed by atoms with E-state index >= 15 is 0 Å². The predicted molar refractivity (Wildman–Crippen MR) is 75.4 cm³/mol. The smallest absolute Gasteiger partial charge is 0.133 e. The van der Waals surface area contributed by atoms with Crippen LogP contribution in [0.5, 0.6) is 0 Å². The molecule has 0 spiro atoms. The minimum absolute atomic E-state index is 0.224. The molecule has 2 aromatic rings. The van der Waals surface area contributed by atoms with E-state index in [2.05, 4.69) is 22.4 Å². The summed E-state index contributed by atoms with van der Waals surface area (Å²) in [7, 11) is 1.74. The monoisotopic (exact) mass is 258 g/mol. The molecule has 19 heavy (non-hydrogen) atoms. The number of aromatic nitrogens is 1. The zero-order valence-electron chi connectivity index (χ0n) is 11.1. The van der Waals surface area contributed by atoms with E-state index in [1.165, 1.54) is 5.39 Å². The third-order valence-corrected chi connectivity index (χ3v) is 3.75. The highest BCUT2D eigenvalue weighted by Crippen LogP contribution is 2.25. The van der Waals surface area contributed by atoms with Crippen LogP contribution >= 0.6 is 0 Å². The number of ether oxygens (including phenoxy) is 2. The molecule has 1 saturated heterocycles. The molecule has 0 bridgehead atoms. The molecule has 1 aliphatic heterocycles. The Bertz CT molecular complexity index is 560. The van der Waals surface area contributed by atoms with Gasteiger partial charge in [-0.1, -0.05) is 24.3 Å². The lowest BCUT2D eigenvalue weighted by Crippen LogP contribution is -2.39. The van der Waals surface area contributed by atoms with Gasteiger partial charge in [-0.05, 0) is 11.5 Å². The molecule has 1 aliphatic rings. The van der Waals surface area contributed by atoms with E-state index in [0.29, 0.717) is 13.2 Å². The molecular weight excluding hydrogens is 240 g/mol. The lowest BCUT2D eigenvalue weighted by molar-refractivity contribution is -0.00623. The maximum absolute atomic E-state index is 5.62. The number of fused-ring (bicyclic) bond motifs is 1. The second kappa shape index (κ2) is 5.15. The van der Waals surface area contributed by atoms with Crippen molar-refractivity contribution in [3.8, 4) is 0 Å². The number of hydrogen-bond donors (Lipinski definition) is 1. The Balaban J connectivity index is 1.82. The molecule has 1 aromatic heterocycles. The summed E-state index contributed by atoms with van der Waals surface area (Å²) < 4.78 is 11.1. The van der Waals surface area contributed by atoms with E-state index in [9.17, 15) is 0 Å². The first-order valence-corrected chi connectivity index (χ1v) is 6.54. The average molecular weight is 258 g/mol. The summed E-state index contributed by atoms with van der Waals surface area (Å²) in [6.45, 7) is 2.12. The van der Waals surface area contributed by atoms with Crippen molar-refractivity contribution < 1.29 is 9.47 Å². The molecule has 0 amide bonds. The van der Waals surface area contributed by atoms with Gasteiger partial charge in [0.1, 0.15) is 11.4 Å². The van der Waals surface area contributed by atoms with Gasteiger partial charge in [0.2, 0.25) is 0 Å². The lowest BCUT2D eigenvalue weighted by Gasteiger charge is -2.26. The summed E-state index contributed by atoms with van der Waals surface area (Å²) in [5.41, 5.74) is -0.224. The summed E-state index contributed by atoms with van der Waals surface area (Å²) in [5.74, 6) is 0.904. The second-order valence-electron chi connectivity index (χ2n) is 4.92. The van der Waals surface area contributed by atoms with Crippen LogP contribution in [-0.4, -0.2) is 37.5 Å². The van der Waals surface area contributed by atoms with Gasteiger partial charge in [-0.3, -0.25) is 0 Å². The zero-order chi connectivity index (χ0) is 13.1. The van der Waals surface area contributed by atoms with Gasteiger partial charge in [0, 0.05) is 38.3 Å². The van der Waals surface area contributed by atoms with Gasteiger partial charge in [-0.2, -0.15) is 0 Å². The van der Waals surface area contributed by atoms with Crippen LogP contribution in [0.3, 0.4) is 0 Å². The predicted octanol–water partition coefficient (Wildman–Crippen LogP) is 2.45. The van der Waals surface area contributed by atoms with Crippen LogP contribution in [0.1, 0.15) is 6.42 Å². The van der Waals surface area contributed by atoms with Crippen molar-refractivity contribution >= 4 is 16.6 Å². The minimum Gasteiger partial charge on any atom is -0.378 e. The SMILES string of the molecule is COC1(CNc2nccc3ccccc23)CCOC1. The maximum atomic E-state index is 5.62. The number of nitrogens with one attached hydrogen (secondary N) is 1. The van der Waals surface area contributed by atoms with Gasteiger partial charge in [-0.25, -0.2) is 4.98 Å². The molecule has 0 aliphatic carbocycles. The Morgan fingerprint density at radius 3 is 3.05 bits per heavy atom. The highest BCUT2D eigenvalue weighted by Gasteiger charge is 2.34. The Morgan fingerprint density at radius 2 is 2.26 bits per heavy atom. The number of rotatable bonds is 4. The van der Waals surface area contributed by atoms with E-state index in [0.717, 1.165) is 24.2 Å². The molecule has 1 N–H and O–H groups in total. The quantitative estimate of drug-likeness (QED) is 0.914. The average Bonchev–Trinajstić information content (AvgIpc) is 2.94. The third-order valence-electron chi connectivity index (χ3n) is 3.75.